The van der Waals surface area contributed by atoms with E-state index in [1.54, 1.807) is 0 Å². The van der Waals surface area contributed by atoms with E-state index in [9.17, 15) is 9.90 Å². The normalized spacial score (nSPS) is 28.4. The van der Waals surface area contributed by atoms with Crippen LogP contribution in [0.3, 0.4) is 0 Å². The SMILES string of the molecule is CC1Cc2ccc3c(c2O1)N(C)CCC(N)(C(=O)O)C3. The molecular weight excluding hydrogens is 256 g/mol. The minimum atomic E-state index is -1.20. The molecule has 2 aliphatic rings. The molecule has 0 bridgehead atoms. The molecule has 2 aliphatic heterocycles. The summed E-state index contributed by atoms with van der Waals surface area (Å²) < 4.78 is 5.93. The van der Waals surface area contributed by atoms with E-state index >= 15 is 0 Å². The third-order valence-corrected chi connectivity index (χ3v) is 4.33. The zero-order chi connectivity index (χ0) is 14.5. The van der Waals surface area contributed by atoms with Crippen LogP contribution in [0.1, 0.15) is 24.5 Å². The van der Waals surface area contributed by atoms with E-state index in [2.05, 4.69) is 4.90 Å². The molecule has 2 heterocycles. The third kappa shape index (κ3) is 1.93. The van der Waals surface area contributed by atoms with Crippen LogP contribution in [-0.2, 0) is 17.6 Å². The molecule has 0 saturated heterocycles. The van der Waals surface area contributed by atoms with Gasteiger partial charge in [0, 0.05) is 26.4 Å². The fraction of sp³-hybridized carbons (Fsp3) is 0.533. The Bertz CT molecular complexity index is 572. The molecule has 0 aromatic heterocycles. The molecule has 0 fully saturated rings. The van der Waals surface area contributed by atoms with Gasteiger partial charge < -0.3 is 20.5 Å². The predicted octanol–water partition coefficient (Wildman–Crippen LogP) is 1.17. The maximum absolute atomic E-state index is 11.5. The zero-order valence-electron chi connectivity index (χ0n) is 11.8. The zero-order valence-corrected chi connectivity index (χ0v) is 11.8. The molecule has 108 valence electrons. The summed E-state index contributed by atoms with van der Waals surface area (Å²) in [5.74, 6) is -0.0272. The quantitative estimate of drug-likeness (QED) is 0.805. The Morgan fingerprint density at radius 2 is 2.20 bits per heavy atom. The van der Waals surface area contributed by atoms with Gasteiger partial charge in [-0.3, -0.25) is 4.79 Å². The first-order valence-electron chi connectivity index (χ1n) is 6.95. The first-order valence-corrected chi connectivity index (χ1v) is 6.95. The van der Waals surface area contributed by atoms with E-state index in [-0.39, 0.29) is 6.10 Å². The Morgan fingerprint density at radius 1 is 1.50 bits per heavy atom. The minimum absolute atomic E-state index is 0.176. The van der Waals surface area contributed by atoms with Crippen LogP contribution in [0.25, 0.3) is 0 Å². The molecule has 0 aliphatic carbocycles. The number of nitrogens with zero attached hydrogens (tertiary/aromatic N) is 1. The first-order chi connectivity index (χ1) is 9.40. The number of hydrogen-bond acceptors (Lipinski definition) is 4. The summed E-state index contributed by atoms with van der Waals surface area (Å²) in [4.78, 5) is 13.5. The number of carboxylic acid groups (broad SMARTS) is 1. The number of anilines is 1. The highest BCUT2D eigenvalue weighted by atomic mass is 16.5. The second kappa shape index (κ2) is 4.38. The highest BCUT2D eigenvalue weighted by molar-refractivity contribution is 5.81. The average molecular weight is 276 g/mol. The molecule has 3 N–H and O–H groups in total. The molecule has 0 amide bonds. The van der Waals surface area contributed by atoms with Crippen LogP contribution >= 0.6 is 0 Å². The lowest BCUT2D eigenvalue weighted by molar-refractivity contribution is -0.143. The Kier molecular flexibility index (Phi) is 2.90. The van der Waals surface area contributed by atoms with Gasteiger partial charge in [-0.15, -0.1) is 0 Å². The van der Waals surface area contributed by atoms with Crippen LogP contribution in [0.4, 0.5) is 5.69 Å². The van der Waals surface area contributed by atoms with Gasteiger partial charge in [-0.2, -0.15) is 0 Å². The molecule has 1 aromatic rings. The van der Waals surface area contributed by atoms with Crippen molar-refractivity contribution >= 4 is 11.7 Å². The second-order valence-corrected chi connectivity index (χ2v) is 6.00. The van der Waals surface area contributed by atoms with E-state index in [0.29, 0.717) is 19.4 Å². The molecule has 2 atom stereocenters. The van der Waals surface area contributed by atoms with Crippen LogP contribution in [0, 0.1) is 0 Å². The van der Waals surface area contributed by atoms with Crippen LogP contribution in [-0.4, -0.2) is 36.3 Å². The van der Waals surface area contributed by atoms with Gasteiger partial charge >= 0.3 is 5.97 Å². The topological polar surface area (TPSA) is 75.8 Å². The smallest absolute Gasteiger partial charge is 0.324 e. The molecule has 0 radical (unpaired) electrons. The van der Waals surface area contributed by atoms with Gasteiger partial charge in [0.25, 0.3) is 0 Å². The van der Waals surface area contributed by atoms with Crippen LogP contribution in [0.5, 0.6) is 5.75 Å². The number of nitrogens with two attached hydrogens (primary N) is 1. The largest absolute Gasteiger partial charge is 0.488 e. The summed E-state index contributed by atoms with van der Waals surface area (Å²) >= 11 is 0. The van der Waals surface area contributed by atoms with Crippen molar-refractivity contribution in [3.05, 3.63) is 23.3 Å². The van der Waals surface area contributed by atoms with Crippen molar-refractivity contribution in [2.45, 2.75) is 37.8 Å². The van der Waals surface area contributed by atoms with Crippen molar-refractivity contribution in [2.24, 2.45) is 5.73 Å². The van der Waals surface area contributed by atoms with Gasteiger partial charge in [0.05, 0.1) is 5.69 Å². The highest BCUT2D eigenvalue weighted by Gasteiger charge is 2.39. The molecule has 3 rings (SSSR count). The van der Waals surface area contributed by atoms with Crippen LogP contribution in [0.15, 0.2) is 12.1 Å². The predicted molar refractivity (Wildman–Crippen MR) is 76.4 cm³/mol. The molecular formula is C15H20N2O3. The summed E-state index contributed by atoms with van der Waals surface area (Å²) in [6.07, 6.45) is 1.85. The van der Waals surface area contributed by atoms with Gasteiger partial charge in [-0.25, -0.2) is 0 Å². The number of carbonyl (C=O) groups is 1. The first kappa shape index (κ1) is 13.2. The van der Waals surface area contributed by atoms with E-state index in [0.717, 1.165) is 23.4 Å². The van der Waals surface area contributed by atoms with Crippen molar-refractivity contribution in [3.63, 3.8) is 0 Å². The van der Waals surface area contributed by atoms with E-state index < -0.39 is 11.5 Å². The summed E-state index contributed by atoms with van der Waals surface area (Å²) in [7, 11) is 1.97. The highest BCUT2D eigenvalue weighted by Crippen LogP contribution is 2.43. The maximum Gasteiger partial charge on any atom is 0.324 e. The lowest BCUT2D eigenvalue weighted by atomic mass is 9.89. The minimum Gasteiger partial charge on any atom is -0.488 e. The van der Waals surface area contributed by atoms with Crippen molar-refractivity contribution in [3.8, 4) is 5.75 Å². The van der Waals surface area contributed by atoms with E-state index in [1.807, 2.05) is 26.1 Å². The van der Waals surface area contributed by atoms with Crippen molar-refractivity contribution in [1.29, 1.82) is 0 Å². The second-order valence-electron chi connectivity index (χ2n) is 6.00. The number of carboxylic acids is 1. The number of ether oxygens (including phenoxy) is 1. The number of rotatable bonds is 1. The lowest BCUT2D eigenvalue weighted by Crippen LogP contribution is -2.50. The summed E-state index contributed by atoms with van der Waals surface area (Å²) in [5, 5.41) is 9.40. The molecule has 1 aromatic carbocycles. The molecule has 0 saturated carbocycles. The number of fused-ring (bicyclic) bond motifs is 3. The summed E-state index contributed by atoms with van der Waals surface area (Å²) in [5.41, 5.74) is 8.06. The monoisotopic (exact) mass is 276 g/mol. The average Bonchev–Trinajstić information content (AvgIpc) is 2.69. The van der Waals surface area contributed by atoms with Crippen molar-refractivity contribution < 1.29 is 14.6 Å². The van der Waals surface area contributed by atoms with Gasteiger partial charge in [-0.05, 0) is 24.5 Å². The molecule has 0 spiro atoms. The van der Waals surface area contributed by atoms with Crippen LogP contribution < -0.4 is 15.4 Å². The van der Waals surface area contributed by atoms with E-state index in [4.69, 9.17) is 10.5 Å². The molecule has 20 heavy (non-hydrogen) atoms. The summed E-state index contributed by atoms with van der Waals surface area (Å²) in [6, 6.07) is 4.04. The summed E-state index contributed by atoms with van der Waals surface area (Å²) in [6.45, 7) is 2.66. The Hall–Kier alpha value is -1.75. The van der Waals surface area contributed by atoms with Gasteiger partial charge in [0.15, 0.2) is 0 Å². The number of aliphatic carboxylic acids is 1. The van der Waals surface area contributed by atoms with Gasteiger partial charge in [-0.1, -0.05) is 12.1 Å². The molecule has 5 heteroatoms. The Labute approximate surface area is 118 Å². The fourth-order valence-electron chi connectivity index (χ4n) is 3.15. The van der Waals surface area contributed by atoms with Gasteiger partial charge in [0.1, 0.15) is 17.4 Å². The van der Waals surface area contributed by atoms with E-state index in [1.165, 1.54) is 5.56 Å². The molecule has 2 unspecified atom stereocenters. The van der Waals surface area contributed by atoms with Crippen LogP contribution in [0.2, 0.25) is 0 Å². The van der Waals surface area contributed by atoms with Gasteiger partial charge in [0.2, 0.25) is 0 Å². The Morgan fingerprint density at radius 3 is 2.90 bits per heavy atom. The number of hydrogen-bond donors (Lipinski definition) is 2. The lowest BCUT2D eigenvalue weighted by Gasteiger charge is -2.22. The standard InChI is InChI=1S/C15H20N2O3/c1-9-7-10-3-4-11-8-15(16,14(18)19)5-6-17(2)12(11)13(10)20-9/h3-4,9H,5-8,16H2,1-2H3,(H,18,19). The van der Waals surface area contributed by atoms with Crippen molar-refractivity contribution in [2.75, 3.05) is 18.5 Å². The Balaban J connectivity index is 2.09. The fourth-order valence-corrected chi connectivity index (χ4v) is 3.15. The third-order valence-electron chi connectivity index (χ3n) is 4.33. The molecule has 5 nitrogen and oxygen atoms in total. The number of benzene rings is 1. The van der Waals surface area contributed by atoms with Crippen molar-refractivity contribution in [1.82, 2.24) is 0 Å². The maximum atomic E-state index is 11.5.